The highest BCUT2D eigenvalue weighted by molar-refractivity contribution is 7.98. The van der Waals surface area contributed by atoms with Crippen molar-refractivity contribution < 1.29 is 13.9 Å². The maximum atomic E-state index is 13.3. The minimum absolute atomic E-state index is 0.176. The van der Waals surface area contributed by atoms with Crippen LogP contribution in [0.15, 0.2) is 47.4 Å². The van der Waals surface area contributed by atoms with Crippen molar-refractivity contribution in [2.75, 3.05) is 0 Å². The van der Waals surface area contributed by atoms with Gasteiger partial charge in [-0.15, -0.1) is 11.8 Å². The third kappa shape index (κ3) is 3.20. The lowest BCUT2D eigenvalue weighted by molar-refractivity contribution is 0.474. The number of benzene rings is 2. The zero-order valence-corrected chi connectivity index (χ0v) is 9.68. The minimum Gasteiger partial charge on any atom is -0.508 e. The van der Waals surface area contributed by atoms with Gasteiger partial charge in [-0.1, -0.05) is 12.1 Å². The number of hydrogen-bond acceptors (Lipinski definition) is 2. The molecule has 0 aliphatic carbocycles. The first-order valence-electron chi connectivity index (χ1n) is 5.01. The fourth-order valence-electron chi connectivity index (χ4n) is 1.37. The van der Waals surface area contributed by atoms with Crippen LogP contribution in [0.3, 0.4) is 0 Å². The molecule has 0 unspecified atom stereocenters. The first-order chi connectivity index (χ1) is 8.15. The van der Waals surface area contributed by atoms with Gasteiger partial charge in [0.2, 0.25) is 0 Å². The van der Waals surface area contributed by atoms with Gasteiger partial charge in [0.1, 0.15) is 17.4 Å². The molecule has 0 amide bonds. The van der Waals surface area contributed by atoms with E-state index in [4.69, 9.17) is 0 Å². The highest BCUT2D eigenvalue weighted by Gasteiger charge is 2.04. The number of halogens is 2. The van der Waals surface area contributed by atoms with Gasteiger partial charge in [0, 0.05) is 16.7 Å². The summed E-state index contributed by atoms with van der Waals surface area (Å²) < 4.78 is 26.0. The molecule has 0 atom stereocenters. The Hall–Kier alpha value is -1.55. The Morgan fingerprint density at radius 1 is 1.06 bits per heavy atom. The van der Waals surface area contributed by atoms with Crippen molar-refractivity contribution >= 4 is 11.8 Å². The molecule has 0 bridgehead atoms. The van der Waals surface area contributed by atoms with Crippen molar-refractivity contribution in [1.29, 1.82) is 0 Å². The minimum atomic E-state index is -0.575. The summed E-state index contributed by atoms with van der Waals surface area (Å²) in [5.74, 6) is -0.545. The van der Waals surface area contributed by atoms with E-state index < -0.39 is 11.6 Å². The normalized spacial score (nSPS) is 10.5. The predicted octanol–water partition coefficient (Wildman–Crippen LogP) is 3.96. The SMILES string of the molecule is Oc1cccc(SCc2ccc(F)cc2F)c1. The Bertz CT molecular complexity index is 529. The van der Waals surface area contributed by atoms with Crippen LogP contribution in [0.25, 0.3) is 0 Å². The molecule has 0 aliphatic heterocycles. The third-order valence-corrected chi connectivity index (χ3v) is 3.27. The zero-order valence-electron chi connectivity index (χ0n) is 8.86. The molecule has 0 saturated heterocycles. The topological polar surface area (TPSA) is 20.2 Å². The smallest absolute Gasteiger partial charge is 0.130 e. The van der Waals surface area contributed by atoms with Crippen molar-refractivity contribution in [3.8, 4) is 5.75 Å². The third-order valence-electron chi connectivity index (χ3n) is 2.23. The number of thioether (sulfide) groups is 1. The Kier molecular flexibility index (Phi) is 3.64. The second kappa shape index (κ2) is 5.19. The van der Waals surface area contributed by atoms with Crippen LogP contribution in [-0.4, -0.2) is 5.11 Å². The number of phenolic OH excluding ortho intramolecular Hbond substituents is 1. The number of aromatic hydroxyl groups is 1. The molecule has 88 valence electrons. The van der Waals surface area contributed by atoms with Crippen LogP contribution >= 0.6 is 11.8 Å². The average molecular weight is 252 g/mol. The maximum Gasteiger partial charge on any atom is 0.130 e. The molecule has 0 spiro atoms. The summed E-state index contributed by atoms with van der Waals surface area (Å²) in [6, 6.07) is 10.3. The molecule has 0 saturated carbocycles. The molecule has 1 N–H and O–H groups in total. The van der Waals surface area contributed by atoms with Gasteiger partial charge in [0.15, 0.2) is 0 Å². The molecule has 2 aromatic rings. The fourth-order valence-corrected chi connectivity index (χ4v) is 2.31. The van der Waals surface area contributed by atoms with E-state index in [-0.39, 0.29) is 5.75 Å². The monoisotopic (exact) mass is 252 g/mol. The molecule has 17 heavy (non-hydrogen) atoms. The number of rotatable bonds is 3. The van der Waals surface area contributed by atoms with E-state index in [1.165, 1.54) is 23.9 Å². The van der Waals surface area contributed by atoms with Gasteiger partial charge in [-0.3, -0.25) is 0 Å². The van der Waals surface area contributed by atoms with E-state index >= 15 is 0 Å². The molecule has 0 aromatic heterocycles. The lowest BCUT2D eigenvalue weighted by Crippen LogP contribution is -1.88. The predicted molar refractivity (Wildman–Crippen MR) is 64.0 cm³/mol. The van der Waals surface area contributed by atoms with E-state index in [0.29, 0.717) is 11.3 Å². The Labute approximate surface area is 102 Å². The van der Waals surface area contributed by atoms with Crippen molar-refractivity contribution in [3.05, 3.63) is 59.7 Å². The standard InChI is InChI=1S/C13H10F2OS/c14-10-5-4-9(13(15)6-10)8-17-12-3-1-2-11(16)7-12/h1-7,16H,8H2. The Morgan fingerprint density at radius 3 is 2.59 bits per heavy atom. The van der Waals surface area contributed by atoms with Crippen LogP contribution < -0.4 is 0 Å². The Balaban J connectivity index is 2.07. The summed E-state index contributed by atoms with van der Waals surface area (Å²) in [4.78, 5) is 0.841. The van der Waals surface area contributed by atoms with Gasteiger partial charge in [0.25, 0.3) is 0 Å². The van der Waals surface area contributed by atoms with E-state index in [2.05, 4.69) is 0 Å². The molecule has 4 heteroatoms. The van der Waals surface area contributed by atoms with Gasteiger partial charge in [-0.05, 0) is 29.8 Å². The van der Waals surface area contributed by atoms with Crippen molar-refractivity contribution in [2.45, 2.75) is 10.6 Å². The van der Waals surface area contributed by atoms with Crippen LogP contribution in [0.4, 0.5) is 8.78 Å². The number of phenols is 1. The van der Waals surface area contributed by atoms with Crippen LogP contribution in [0, 0.1) is 11.6 Å². The summed E-state index contributed by atoms with van der Waals surface area (Å²) in [5, 5.41) is 9.26. The van der Waals surface area contributed by atoms with Crippen LogP contribution in [0.2, 0.25) is 0 Å². The second-order valence-electron chi connectivity index (χ2n) is 3.52. The fraction of sp³-hybridized carbons (Fsp3) is 0.0769. The first kappa shape index (κ1) is 11.9. The number of hydrogen-bond donors (Lipinski definition) is 1. The van der Waals surface area contributed by atoms with Gasteiger partial charge in [0.05, 0.1) is 0 Å². The van der Waals surface area contributed by atoms with Crippen molar-refractivity contribution in [3.63, 3.8) is 0 Å². The van der Waals surface area contributed by atoms with Gasteiger partial charge in [-0.25, -0.2) is 8.78 Å². The van der Waals surface area contributed by atoms with Crippen LogP contribution in [0.1, 0.15) is 5.56 Å². The molecular formula is C13H10F2OS. The maximum absolute atomic E-state index is 13.3. The van der Waals surface area contributed by atoms with Gasteiger partial charge in [-0.2, -0.15) is 0 Å². The van der Waals surface area contributed by atoms with Crippen LogP contribution in [0.5, 0.6) is 5.75 Å². The van der Waals surface area contributed by atoms with Gasteiger partial charge < -0.3 is 5.11 Å². The van der Waals surface area contributed by atoms with Gasteiger partial charge >= 0.3 is 0 Å². The lowest BCUT2D eigenvalue weighted by atomic mass is 10.2. The summed E-state index contributed by atoms with van der Waals surface area (Å²) in [6.07, 6.45) is 0. The van der Waals surface area contributed by atoms with E-state index in [9.17, 15) is 13.9 Å². The molecule has 2 rings (SSSR count). The first-order valence-corrected chi connectivity index (χ1v) is 5.99. The molecule has 1 nitrogen and oxygen atoms in total. The van der Waals surface area contributed by atoms with Crippen molar-refractivity contribution in [2.24, 2.45) is 0 Å². The molecule has 0 aliphatic rings. The zero-order chi connectivity index (χ0) is 12.3. The average Bonchev–Trinajstić information content (AvgIpc) is 2.28. The van der Waals surface area contributed by atoms with Crippen molar-refractivity contribution in [1.82, 2.24) is 0 Å². The molecule has 2 aromatic carbocycles. The highest BCUT2D eigenvalue weighted by Crippen LogP contribution is 2.26. The van der Waals surface area contributed by atoms with E-state index in [0.717, 1.165) is 11.0 Å². The summed E-state index contributed by atoms with van der Waals surface area (Å²) in [5.41, 5.74) is 0.444. The van der Waals surface area contributed by atoms with E-state index in [1.807, 2.05) is 6.07 Å². The highest BCUT2D eigenvalue weighted by atomic mass is 32.2. The summed E-state index contributed by atoms with van der Waals surface area (Å²) in [6.45, 7) is 0. The van der Waals surface area contributed by atoms with E-state index in [1.54, 1.807) is 18.2 Å². The Morgan fingerprint density at radius 2 is 1.88 bits per heavy atom. The summed E-state index contributed by atoms with van der Waals surface area (Å²) in [7, 11) is 0. The summed E-state index contributed by atoms with van der Waals surface area (Å²) >= 11 is 1.39. The second-order valence-corrected chi connectivity index (χ2v) is 4.57. The van der Waals surface area contributed by atoms with Crippen LogP contribution in [-0.2, 0) is 5.75 Å². The quantitative estimate of drug-likeness (QED) is 0.834. The molecule has 0 fully saturated rings. The largest absolute Gasteiger partial charge is 0.508 e. The molecule has 0 radical (unpaired) electrons. The molecule has 0 heterocycles. The lowest BCUT2D eigenvalue weighted by Gasteiger charge is -2.04. The molecular weight excluding hydrogens is 242 g/mol.